The van der Waals surface area contributed by atoms with Gasteiger partial charge in [0.15, 0.2) is 0 Å². The zero-order chi connectivity index (χ0) is 11.2. The topological polar surface area (TPSA) is 12.0 Å². The van der Waals surface area contributed by atoms with Gasteiger partial charge in [0.1, 0.15) is 0 Å². The quantitative estimate of drug-likeness (QED) is 0.639. The summed E-state index contributed by atoms with van der Waals surface area (Å²) in [5, 5.41) is 3.53. The van der Waals surface area contributed by atoms with Gasteiger partial charge in [-0.05, 0) is 52.5 Å². The molecule has 0 saturated carbocycles. The summed E-state index contributed by atoms with van der Waals surface area (Å²) >= 11 is 0. The monoisotopic (exact) mass is 197 g/mol. The number of hydrogen-bond acceptors (Lipinski definition) is 1. The van der Waals surface area contributed by atoms with E-state index in [9.17, 15) is 0 Å². The molecule has 0 aliphatic carbocycles. The molecule has 0 rings (SSSR count). The first kappa shape index (κ1) is 13.7. The van der Waals surface area contributed by atoms with Gasteiger partial charge in [-0.2, -0.15) is 0 Å². The van der Waals surface area contributed by atoms with Gasteiger partial charge < -0.3 is 5.32 Å². The van der Waals surface area contributed by atoms with Crippen LogP contribution in [0.5, 0.6) is 0 Å². The van der Waals surface area contributed by atoms with Crippen molar-refractivity contribution in [1.29, 1.82) is 0 Å². The summed E-state index contributed by atoms with van der Waals surface area (Å²) in [6.45, 7) is 16.3. The van der Waals surface area contributed by atoms with Crippen LogP contribution in [0.4, 0.5) is 0 Å². The summed E-state index contributed by atoms with van der Waals surface area (Å²) in [6.07, 6.45) is 3.57. The van der Waals surface area contributed by atoms with Gasteiger partial charge in [0.25, 0.3) is 0 Å². The zero-order valence-corrected chi connectivity index (χ0v) is 10.6. The molecule has 0 radical (unpaired) electrons. The van der Waals surface area contributed by atoms with Crippen molar-refractivity contribution < 1.29 is 0 Å². The van der Waals surface area contributed by atoms with Gasteiger partial charge in [-0.15, -0.1) is 0 Å². The van der Waals surface area contributed by atoms with Crippen LogP contribution in [0.2, 0.25) is 0 Å². The summed E-state index contributed by atoms with van der Waals surface area (Å²) in [5.74, 6) is 0.748. The predicted octanol–water partition coefficient (Wildman–Crippen LogP) is 3.76. The van der Waals surface area contributed by atoms with Crippen molar-refractivity contribution in [3.63, 3.8) is 0 Å². The molecule has 0 saturated heterocycles. The summed E-state index contributed by atoms with van der Waals surface area (Å²) in [6, 6.07) is 0. The van der Waals surface area contributed by atoms with Crippen LogP contribution in [-0.2, 0) is 0 Å². The Kier molecular flexibility index (Phi) is 6.10. The number of hydrogen-bond donors (Lipinski definition) is 1. The second-order valence-electron chi connectivity index (χ2n) is 5.38. The summed E-state index contributed by atoms with van der Waals surface area (Å²) in [7, 11) is 0. The zero-order valence-electron chi connectivity index (χ0n) is 10.6. The Morgan fingerprint density at radius 3 is 2.36 bits per heavy atom. The van der Waals surface area contributed by atoms with Crippen molar-refractivity contribution in [3.05, 3.63) is 12.2 Å². The number of rotatable bonds is 6. The lowest BCUT2D eigenvalue weighted by Crippen LogP contribution is -2.38. The third kappa shape index (κ3) is 8.31. The lowest BCUT2D eigenvalue weighted by Gasteiger charge is -2.23. The molecule has 0 aliphatic heterocycles. The van der Waals surface area contributed by atoms with Crippen molar-refractivity contribution in [2.24, 2.45) is 5.92 Å². The molecule has 14 heavy (non-hydrogen) atoms. The van der Waals surface area contributed by atoms with E-state index in [-0.39, 0.29) is 5.54 Å². The number of nitrogens with one attached hydrogen (secondary N) is 1. The van der Waals surface area contributed by atoms with Crippen LogP contribution in [0.15, 0.2) is 12.2 Å². The van der Waals surface area contributed by atoms with Crippen molar-refractivity contribution in [2.75, 3.05) is 6.54 Å². The van der Waals surface area contributed by atoms with E-state index in [2.05, 4.69) is 46.5 Å². The fraction of sp³-hybridized carbons (Fsp3) is 0.846. The Hall–Kier alpha value is -0.300. The second-order valence-corrected chi connectivity index (χ2v) is 5.38. The molecule has 0 spiro atoms. The maximum Gasteiger partial charge on any atom is 0.00966 e. The van der Waals surface area contributed by atoms with Crippen molar-refractivity contribution in [2.45, 2.75) is 59.4 Å². The minimum absolute atomic E-state index is 0.246. The summed E-state index contributed by atoms with van der Waals surface area (Å²) in [4.78, 5) is 0. The van der Waals surface area contributed by atoms with E-state index in [0.717, 1.165) is 18.9 Å². The van der Waals surface area contributed by atoms with Crippen LogP contribution in [0.3, 0.4) is 0 Å². The average Bonchev–Trinajstić information content (AvgIpc) is 2.09. The highest BCUT2D eigenvalue weighted by Crippen LogP contribution is 2.13. The molecular weight excluding hydrogens is 170 g/mol. The lowest BCUT2D eigenvalue weighted by atomic mass is 9.99. The predicted molar refractivity (Wildman–Crippen MR) is 65.6 cm³/mol. The van der Waals surface area contributed by atoms with E-state index in [1.165, 1.54) is 18.4 Å². The molecular formula is C13H27N. The van der Waals surface area contributed by atoms with Gasteiger partial charge in [0.2, 0.25) is 0 Å². The van der Waals surface area contributed by atoms with Crippen LogP contribution >= 0.6 is 0 Å². The first-order chi connectivity index (χ1) is 6.35. The van der Waals surface area contributed by atoms with Crippen LogP contribution in [0, 0.1) is 5.92 Å². The Bertz CT molecular complexity index is 165. The standard InChI is InChI=1S/C13H27N/c1-7-11(2)8-9-12(3)10-14-13(4,5)6/h12,14H,2,7-10H2,1,3-6H3. The van der Waals surface area contributed by atoms with Gasteiger partial charge in [-0.25, -0.2) is 0 Å². The second kappa shape index (κ2) is 6.23. The third-order valence-electron chi connectivity index (χ3n) is 2.47. The molecule has 0 aliphatic rings. The third-order valence-corrected chi connectivity index (χ3v) is 2.47. The highest BCUT2D eigenvalue weighted by atomic mass is 14.9. The van der Waals surface area contributed by atoms with Crippen molar-refractivity contribution in [1.82, 2.24) is 5.32 Å². The normalized spacial score (nSPS) is 14.1. The molecule has 0 fully saturated rings. The Balaban J connectivity index is 3.56. The molecule has 0 aromatic heterocycles. The fourth-order valence-electron chi connectivity index (χ4n) is 1.21. The molecule has 0 aromatic carbocycles. The largest absolute Gasteiger partial charge is 0.312 e. The van der Waals surface area contributed by atoms with E-state index in [1.54, 1.807) is 0 Å². The van der Waals surface area contributed by atoms with Gasteiger partial charge in [0.05, 0.1) is 0 Å². The Labute approximate surface area is 90.0 Å². The number of allylic oxidation sites excluding steroid dienone is 1. The van der Waals surface area contributed by atoms with E-state index in [0.29, 0.717) is 0 Å². The van der Waals surface area contributed by atoms with Gasteiger partial charge >= 0.3 is 0 Å². The van der Waals surface area contributed by atoms with E-state index in [1.807, 2.05) is 0 Å². The highest BCUT2D eigenvalue weighted by Gasteiger charge is 2.10. The molecule has 1 N–H and O–H groups in total. The molecule has 1 heteroatoms. The lowest BCUT2D eigenvalue weighted by molar-refractivity contribution is 0.372. The first-order valence-electron chi connectivity index (χ1n) is 5.77. The SMILES string of the molecule is C=C(CC)CCC(C)CNC(C)(C)C. The summed E-state index contributed by atoms with van der Waals surface area (Å²) in [5.41, 5.74) is 1.63. The molecule has 84 valence electrons. The Morgan fingerprint density at radius 1 is 1.36 bits per heavy atom. The molecule has 1 atom stereocenters. The molecule has 0 amide bonds. The van der Waals surface area contributed by atoms with Gasteiger partial charge in [0, 0.05) is 5.54 Å². The van der Waals surface area contributed by atoms with E-state index in [4.69, 9.17) is 0 Å². The van der Waals surface area contributed by atoms with Crippen molar-refractivity contribution >= 4 is 0 Å². The van der Waals surface area contributed by atoms with E-state index >= 15 is 0 Å². The van der Waals surface area contributed by atoms with Crippen molar-refractivity contribution in [3.8, 4) is 0 Å². The molecule has 0 bridgehead atoms. The van der Waals surface area contributed by atoms with Crippen LogP contribution in [-0.4, -0.2) is 12.1 Å². The molecule has 0 heterocycles. The maximum atomic E-state index is 4.03. The molecule has 1 unspecified atom stereocenters. The highest BCUT2D eigenvalue weighted by molar-refractivity contribution is 4.92. The van der Waals surface area contributed by atoms with Crippen LogP contribution in [0.25, 0.3) is 0 Å². The summed E-state index contributed by atoms with van der Waals surface area (Å²) < 4.78 is 0. The fourth-order valence-corrected chi connectivity index (χ4v) is 1.21. The molecule has 0 aromatic rings. The minimum Gasteiger partial charge on any atom is -0.312 e. The first-order valence-corrected chi connectivity index (χ1v) is 5.77. The minimum atomic E-state index is 0.246. The van der Waals surface area contributed by atoms with Gasteiger partial charge in [-0.3, -0.25) is 0 Å². The van der Waals surface area contributed by atoms with Crippen LogP contribution in [0.1, 0.15) is 53.9 Å². The maximum absolute atomic E-state index is 4.03. The molecule has 1 nitrogen and oxygen atoms in total. The smallest absolute Gasteiger partial charge is 0.00966 e. The van der Waals surface area contributed by atoms with E-state index < -0.39 is 0 Å². The van der Waals surface area contributed by atoms with Gasteiger partial charge in [-0.1, -0.05) is 26.0 Å². The van der Waals surface area contributed by atoms with Crippen LogP contribution < -0.4 is 5.32 Å². The average molecular weight is 197 g/mol. The Morgan fingerprint density at radius 2 is 1.93 bits per heavy atom.